The highest BCUT2D eigenvalue weighted by Gasteiger charge is 2.20. The van der Waals surface area contributed by atoms with Crippen LogP contribution < -0.4 is 15.4 Å². The molecule has 2 aromatic carbocycles. The fraction of sp³-hybridized carbons (Fsp3) is 0.391. The lowest BCUT2D eigenvalue weighted by atomic mass is 9.86. The molecule has 0 unspecified atom stereocenters. The van der Waals surface area contributed by atoms with E-state index >= 15 is 0 Å². The van der Waals surface area contributed by atoms with Crippen molar-refractivity contribution in [1.29, 1.82) is 0 Å². The molecular formula is C23H29BrN2O3. The zero-order valence-electron chi connectivity index (χ0n) is 17.9. The average Bonchev–Trinajstić information content (AvgIpc) is 2.58. The largest absolute Gasteiger partial charge is 0.483 e. The zero-order valence-corrected chi connectivity index (χ0v) is 19.4. The summed E-state index contributed by atoms with van der Waals surface area (Å²) in [6.45, 7) is 11.9. The summed E-state index contributed by atoms with van der Waals surface area (Å²) >= 11 is 3.48. The van der Waals surface area contributed by atoms with Crippen molar-refractivity contribution in [3.8, 4) is 5.75 Å². The highest BCUT2D eigenvalue weighted by atomic mass is 79.9. The van der Waals surface area contributed by atoms with E-state index in [0.717, 1.165) is 10.0 Å². The van der Waals surface area contributed by atoms with E-state index < -0.39 is 0 Å². The van der Waals surface area contributed by atoms with Gasteiger partial charge in [0.1, 0.15) is 5.75 Å². The Morgan fingerprint density at radius 2 is 1.69 bits per heavy atom. The maximum atomic E-state index is 12.4. The summed E-state index contributed by atoms with van der Waals surface area (Å²) in [5.41, 5.74) is 1.60. The van der Waals surface area contributed by atoms with E-state index in [9.17, 15) is 9.59 Å². The first-order valence-electron chi connectivity index (χ1n) is 9.50. The number of ether oxygens (including phenoxy) is 1. The van der Waals surface area contributed by atoms with Crippen LogP contribution in [-0.2, 0) is 10.2 Å². The normalized spacial score (nSPS) is 11.7. The molecular weight excluding hydrogens is 432 g/mol. The van der Waals surface area contributed by atoms with Crippen LogP contribution in [0.25, 0.3) is 0 Å². The minimum atomic E-state index is -0.334. The Morgan fingerprint density at radius 1 is 1.00 bits per heavy atom. The number of halogens is 1. The molecule has 0 atom stereocenters. The zero-order chi connectivity index (χ0) is 21.8. The molecule has 0 saturated heterocycles. The number of anilines is 1. The first kappa shape index (κ1) is 22.9. The van der Waals surface area contributed by atoms with Crippen LogP contribution in [0.15, 0.2) is 46.9 Å². The van der Waals surface area contributed by atoms with Gasteiger partial charge in [-0.25, -0.2) is 0 Å². The van der Waals surface area contributed by atoms with Gasteiger partial charge in [0.2, 0.25) is 0 Å². The van der Waals surface area contributed by atoms with Gasteiger partial charge in [0.15, 0.2) is 6.61 Å². The van der Waals surface area contributed by atoms with Crippen molar-refractivity contribution < 1.29 is 14.3 Å². The van der Waals surface area contributed by atoms with Crippen molar-refractivity contribution in [3.05, 3.63) is 58.1 Å². The third kappa shape index (κ3) is 7.20. The van der Waals surface area contributed by atoms with Crippen molar-refractivity contribution in [2.24, 2.45) is 0 Å². The molecule has 6 heteroatoms. The Balaban J connectivity index is 2.04. The van der Waals surface area contributed by atoms with Crippen LogP contribution in [0.5, 0.6) is 5.75 Å². The van der Waals surface area contributed by atoms with Crippen molar-refractivity contribution in [3.63, 3.8) is 0 Å². The number of hydrogen-bond donors (Lipinski definition) is 2. The number of amides is 2. The molecule has 0 radical (unpaired) electrons. The van der Waals surface area contributed by atoms with E-state index in [1.807, 2.05) is 39.0 Å². The molecule has 2 rings (SSSR count). The number of benzene rings is 2. The summed E-state index contributed by atoms with van der Waals surface area (Å²) in [5.74, 6) is 0.199. The summed E-state index contributed by atoms with van der Waals surface area (Å²) in [4.78, 5) is 24.7. The summed E-state index contributed by atoms with van der Waals surface area (Å²) in [6, 6.07) is 12.6. The predicted molar refractivity (Wildman–Crippen MR) is 121 cm³/mol. The van der Waals surface area contributed by atoms with Crippen LogP contribution in [-0.4, -0.2) is 24.0 Å². The number of rotatable bonds is 5. The van der Waals surface area contributed by atoms with Gasteiger partial charge in [-0.1, -0.05) is 42.8 Å². The molecule has 0 aliphatic heterocycles. The lowest BCUT2D eigenvalue weighted by Crippen LogP contribution is -2.40. The molecule has 2 aromatic rings. The number of carbonyl (C=O) groups excluding carboxylic acids is 2. The van der Waals surface area contributed by atoms with Gasteiger partial charge < -0.3 is 15.4 Å². The quantitative estimate of drug-likeness (QED) is 0.636. The van der Waals surface area contributed by atoms with E-state index in [1.54, 1.807) is 24.3 Å². The monoisotopic (exact) mass is 460 g/mol. The van der Waals surface area contributed by atoms with Crippen LogP contribution in [0.3, 0.4) is 0 Å². The van der Waals surface area contributed by atoms with Crippen molar-refractivity contribution in [2.45, 2.75) is 52.5 Å². The SMILES string of the molecule is CC(C)(C)NC(=O)c1cccc(NC(=O)COc2ccc(Br)cc2C(C)(C)C)c1. The molecule has 2 N–H and O–H groups in total. The molecule has 29 heavy (non-hydrogen) atoms. The van der Waals surface area contributed by atoms with Crippen molar-refractivity contribution in [1.82, 2.24) is 5.32 Å². The minimum Gasteiger partial charge on any atom is -0.483 e. The van der Waals surface area contributed by atoms with Gasteiger partial charge >= 0.3 is 0 Å². The van der Waals surface area contributed by atoms with Crippen molar-refractivity contribution >= 4 is 33.4 Å². The van der Waals surface area contributed by atoms with E-state index in [1.165, 1.54) is 0 Å². The molecule has 0 fully saturated rings. The van der Waals surface area contributed by atoms with E-state index in [0.29, 0.717) is 17.0 Å². The average molecular weight is 461 g/mol. The topological polar surface area (TPSA) is 67.4 Å². The van der Waals surface area contributed by atoms with E-state index in [-0.39, 0.29) is 29.4 Å². The molecule has 0 bridgehead atoms. The van der Waals surface area contributed by atoms with E-state index in [4.69, 9.17) is 4.74 Å². The summed E-state index contributed by atoms with van der Waals surface area (Å²) < 4.78 is 6.75. The number of carbonyl (C=O) groups is 2. The first-order valence-corrected chi connectivity index (χ1v) is 10.3. The predicted octanol–water partition coefficient (Wildman–Crippen LogP) is 5.29. The summed E-state index contributed by atoms with van der Waals surface area (Å²) in [6.07, 6.45) is 0. The Hall–Kier alpha value is -2.34. The summed E-state index contributed by atoms with van der Waals surface area (Å²) in [7, 11) is 0. The van der Waals surface area contributed by atoms with Gasteiger partial charge in [-0.3, -0.25) is 9.59 Å². The molecule has 0 saturated carbocycles. The van der Waals surface area contributed by atoms with E-state index in [2.05, 4.69) is 47.3 Å². The van der Waals surface area contributed by atoms with Gasteiger partial charge in [-0.05, 0) is 62.6 Å². The van der Waals surface area contributed by atoms with Crippen LogP contribution in [0.4, 0.5) is 5.69 Å². The highest BCUT2D eigenvalue weighted by molar-refractivity contribution is 9.10. The smallest absolute Gasteiger partial charge is 0.262 e. The fourth-order valence-electron chi connectivity index (χ4n) is 2.71. The number of hydrogen-bond acceptors (Lipinski definition) is 3. The van der Waals surface area contributed by atoms with Crippen LogP contribution in [0.1, 0.15) is 57.5 Å². The Kier molecular flexibility index (Phi) is 7.11. The molecule has 0 aliphatic rings. The van der Waals surface area contributed by atoms with Crippen LogP contribution >= 0.6 is 15.9 Å². The minimum absolute atomic E-state index is 0.121. The molecule has 5 nitrogen and oxygen atoms in total. The molecule has 0 aromatic heterocycles. The first-order chi connectivity index (χ1) is 13.3. The van der Waals surface area contributed by atoms with Gasteiger partial charge in [-0.15, -0.1) is 0 Å². The Labute approximate surface area is 181 Å². The van der Waals surface area contributed by atoms with Gasteiger partial charge in [0.25, 0.3) is 11.8 Å². The third-order valence-electron chi connectivity index (χ3n) is 4.01. The Morgan fingerprint density at radius 3 is 2.31 bits per heavy atom. The molecule has 0 heterocycles. The second-order valence-electron chi connectivity index (χ2n) is 9.01. The molecule has 156 valence electrons. The second-order valence-corrected chi connectivity index (χ2v) is 9.93. The molecule has 2 amide bonds. The fourth-order valence-corrected chi connectivity index (χ4v) is 3.07. The van der Waals surface area contributed by atoms with Crippen LogP contribution in [0, 0.1) is 0 Å². The number of nitrogens with one attached hydrogen (secondary N) is 2. The summed E-state index contributed by atoms with van der Waals surface area (Å²) in [5, 5.41) is 5.69. The maximum Gasteiger partial charge on any atom is 0.262 e. The molecule has 0 aliphatic carbocycles. The van der Waals surface area contributed by atoms with Gasteiger partial charge in [0, 0.05) is 26.8 Å². The van der Waals surface area contributed by atoms with Crippen LogP contribution in [0.2, 0.25) is 0 Å². The van der Waals surface area contributed by atoms with Gasteiger partial charge in [-0.2, -0.15) is 0 Å². The van der Waals surface area contributed by atoms with Crippen molar-refractivity contribution in [2.75, 3.05) is 11.9 Å². The van der Waals surface area contributed by atoms with Gasteiger partial charge in [0.05, 0.1) is 0 Å². The second kappa shape index (κ2) is 8.99. The third-order valence-corrected chi connectivity index (χ3v) is 4.50. The lowest BCUT2D eigenvalue weighted by Gasteiger charge is -2.23. The standard InChI is InChI=1S/C23H29BrN2O3/c1-22(2,3)18-13-16(24)10-11-19(18)29-14-20(27)25-17-9-7-8-15(12-17)21(28)26-23(4,5)6/h7-13H,14H2,1-6H3,(H,25,27)(H,26,28). The Bertz CT molecular complexity index is 896. The highest BCUT2D eigenvalue weighted by Crippen LogP contribution is 2.33. The molecule has 0 spiro atoms. The maximum absolute atomic E-state index is 12.4. The lowest BCUT2D eigenvalue weighted by molar-refractivity contribution is -0.118.